The number of rotatable bonds is 6. The number of hydrogen-bond donors (Lipinski definition) is 2. The van der Waals surface area contributed by atoms with Crippen LogP contribution in [0.25, 0.3) is 0 Å². The topological polar surface area (TPSA) is 81.4 Å². The summed E-state index contributed by atoms with van der Waals surface area (Å²) < 4.78 is 4.72. The van der Waals surface area contributed by atoms with E-state index in [4.69, 9.17) is 10.5 Å². The van der Waals surface area contributed by atoms with Gasteiger partial charge in [0, 0.05) is 13.0 Å². The molecule has 0 aromatic carbocycles. The lowest BCUT2D eigenvalue weighted by Gasteiger charge is -2.06. The van der Waals surface area contributed by atoms with Crippen LogP contribution in [0.5, 0.6) is 0 Å². The minimum absolute atomic E-state index is 0.200. The van der Waals surface area contributed by atoms with Crippen LogP contribution in [0, 0.1) is 0 Å². The minimum atomic E-state index is -0.502. The molecule has 5 nitrogen and oxygen atoms in total. The number of amides is 1. The summed E-state index contributed by atoms with van der Waals surface area (Å²) in [6.07, 6.45) is 0.907. The molecule has 0 unspecified atom stereocenters. The molecule has 5 heteroatoms. The predicted molar refractivity (Wildman–Crippen MR) is 52.5 cm³/mol. The molecule has 0 bridgehead atoms. The van der Waals surface area contributed by atoms with Gasteiger partial charge in [-0.1, -0.05) is 0 Å². The Balaban J connectivity index is 3.38. The Kier molecular flexibility index (Phi) is 6.74. The summed E-state index contributed by atoms with van der Waals surface area (Å²) >= 11 is 0. The van der Waals surface area contributed by atoms with Crippen molar-refractivity contribution in [3.8, 4) is 0 Å². The summed E-state index contributed by atoms with van der Waals surface area (Å²) in [4.78, 5) is 21.8. The molecule has 3 N–H and O–H groups in total. The fraction of sp³-hybridized carbons (Fsp3) is 0.778. The Morgan fingerprint density at radius 2 is 2.14 bits per heavy atom. The molecule has 0 aliphatic heterocycles. The van der Waals surface area contributed by atoms with Crippen molar-refractivity contribution in [2.75, 3.05) is 13.2 Å². The van der Waals surface area contributed by atoms with E-state index in [1.54, 1.807) is 13.8 Å². The number of ether oxygens (including phenoxy) is 1. The van der Waals surface area contributed by atoms with Gasteiger partial charge in [0.1, 0.15) is 0 Å². The summed E-state index contributed by atoms with van der Waals surface area (Å²) in [6, 6.07) is -0.502. The summed E-state index contributed by atoms with van der Waals surface area (Å²) in [7, 11) is 0. The molecule has 14 heavy (non-hydrogen) atoms. The first-order valence-electron chi connectivity index (χ1n) is 4.76. The average molecular weight is 202 g/mol. The third-order valence-electron chi connectivity index (χ3n) is 1.58. The third-order valence-corrected chi connectivity index (χ3v) is 1.58. The van der Waals surface area contributed by atoms with E-state index in [1.807, 2.05) is 0 Å². The van der Waals surface area contributed by atoms with Crippen LogP contribution < -0.4 is 11.1 Å². The molecule has 0 radical (unpaired) electrons. The highest BCUT2D eigenvalue weighted by Gasteiger charge is 2.06. The standard InChI is InChI=1S/C9H18N2O3/c1-3-14-8(12)5-4-6-11-9(13)7(2)10/h7H,3-6,10H2,1-2H3,(H,11,13)/t7-/m0/s1. The van der Waals surface area contributed by atoms with Crippen molar-refractivity contribution >= 4 is 11.9 Å². The molecule has 0 saturated heterocycles. The molecule has 0 spiro atoms. The Labute approximate surface area is 84.0 Å². The second-order valence-corrected chi connectivity index (χ2v) is 2.99. The summed E-state index contributed by atoms with van der Waals surface area (Å²) in [5, 5.41) is 2.61. The lowest BCUT2D eigenvalue weighted by atomic mass is 10.3. The molecule has 0 fully saturated rings. The summed E-state index contributed by atoms with van der Waals surface area (Å²) in [5.41, 5.74) is 5.32. The van der Waals surface area contributed by atoms with E-state index < -0.39 is 6.04 Å². The van der Waals surface area contributed by atoms with Crippen LogP contribution in [0.4, 0.5) is 0 Å². The molecule has 0 heterocycles. The average Bonchev–Trinajstić information content (AvgIpc) is 2.12. The Morgan fingerprint density at radius 1 is 1.50 bits per heavy atom. The highest BCUT2D eigenvalue weighted by Crippen LogP contribution is 1.91. The van der Waals surface area contributed by atoms with Crippen LogP contribution in [-0.4, -0.2) is 31.1 Å². The van der Waals surface area contributed by atoms with E-state index in [9.17, 15) is 9.59 Å². The monoisotopic (exact) mass is 202 g/mol. The van der Waals surface area contributed by atoms with E-state index in [0.717, 1.165) is 0 Å². The van der Waals surface area contributed by atoms with E-state index in [2.05, 4.69) is 5.32 Å². The molecule has 1 amide bonds. The van der Waals surface area contributed by atoms with Gasteiger partial charge in [-0.25, -0.2) is 0 Å². The summed E-state index contributed by atoms with van der Waals surface area (Å²) in [6.45, 7) is 4.22. The second kappa shape index (κ2) is 7.32. The maximum atomic E-state index is 11.0. The first-order chi connectivity index (χ1) is 6.57. The lowest BCUT2D eigenvalue weighted by molar-refractivity contribution is -0.143. The van der Waals surface area contributed by atoms with Crippen molar-refractivity contribution in [1.29, 1.82) is 0 Å². The number of esters is 1. The maximum Gasteiger partial charge on any atom is 0.305 e. The first-order valence-corrected chi connectivity index (χ1v) is 4.76. The van der Waals surface area contributed by atoms with Crippen LogP contribution in [0.15, 0.2) is 0 Å². The van der Waals surface area contributed by atoms with E-state index >= 15 is 0 Å². The lowest BCUT2D eigenvalue weighted by Crippen LogP contribution is -2.38. The molecular formula is C9H18N2O3. The van der Waals surface area contributed by atoms with Gasteiger partial charge in [0.05, 0.1) is 12.6 Å². The normalized spacial score (nSPS) is 11.9. The Bertz CT molecular complexity index is 192. The van der Waals surface area contributed by atoms with Crippen molar-refractivity contribution in [2.45, 2.75) is 32.7 Å². The van der Waals surface area contributed by atoms with Crippen LogP contribution in [0.2, 0.25) is 0 Å². The Hall–Kier alpha value is -1.10. The third kappa shape index (κ3) is 6.42. The first kappa shape index (κ1) is 12.9. The molecule has 0 aliphatic rings. The van der Waals surface area contributed by atoms with Gasteiger partial charge in [0.2, 0.25) is 5.91 Å². The van der Waals surface area contributed by atoms with Crippen molar-refractivity contribution in [2.24, 2.45) is 5.73 Å². The molecular weight excluding hydrogens is 184 g/mol. The molecule has 0 aliphatic carbocycles. The van der Waals surface area contributed by atoms with Crippen LogP contribution in [-0.2, 0) is 14.3 Å². The predicted octanol–water partition coefficient (Wildman–Crippen LogP) is -0.207. The van der Waals surface area contributed by atoms with Crippen LogP contribution in [0.3, 0.4) is 0 Å². The van der Waals surface area contributed by atoms with Crippen molar-refractivity contribution < 1.29 is 14.3 Å². The molecule has 0 aromatic heterocycles. The number of carbonyl (C=O) groups is 2. The fourth-order valence-corrected chi connectivity index (χ4v) is 0.838. The molecule has 0 saturated carbocycles. The van der Waals surface area contributed by atoms with Gasteiger partial charge in [-0.2, -0.15) is 0 Å². The van der Waals surface area contributed by atoms with E-state index in [1.165, 1.54) is 0 Å². The minimum Gasteiger partial charge on any atom is -0.466 e. The molecule has 82 valence electrons. The van der Waals surface area contributed by atoms with Crippen molar-refractivity contribution in [3.05, 3.63) is 0 Å². The van der Waals surface area contributed by atoms with Crippen molar-refractivity contribution in [3.63, 3.8) is 0 Å². The number of hydrogen-bond acceptors (Lipinski definition) is 4. The van der Waals surface area contributed by atoms with Gasteiger partial charge in [0.15, 0.2) is 0 Å². The fourth-order valence-electron chi connectivity index (χ4n) is 0.838. The number of nitrogens with one attached hydrogen (secondary N) is 1. The second-order valence-electron chi connectivity index (χ2n) is 2.99. The van der Waals surface area contributed by atoms with Gasteiger partial charge >= 0.3 is 5.97 Å². The van der Waals surface area contributed by atoms with E-state index in [-0.39, 0.29) is 11.9 Å². The van der Waals surface area contributed by atoms with Gasteiger partial charge in [0.25, 0.3) is 0 Å². The number of carbonyl (C=O) groups excluding carboxylic acids is 2. The van der Waals surface area contributed by atoms with Gasteiger partial charge in [-0.3, -0.25) is 9.59 Å². The molecule has 0 rings (SSSR count). The number of nitrogens with two attached hydrogens (primary N) is 1. The maximum absolute atomic E-state index is 11.0. The molecule has 0 aromatic rings. The Morgan fingerprint density at radius 3 is 2.64 bits per heavy atom. The molecule has 1 atom stereocenters. The van der Waals surface area contributed by atoms with E-state index in [0.29, 0.717) is 26.0 Å². The highest BCUT2D eigenvalue weighted by molar-refractivity contribution is 5.80. The zero-order valence-corrected chi connectivity index (χ0v) is 8.71. The van der Waals surface area contributed by atoms with Crippen LogP contribution in [0.1, 0.15) is 26.7 Å². The zero-order chi connectivity index (χ0) is 11.0. The van der Waals surface area contributed by atoms with Gasteiger partial charge in [-0.05, 0) is 20.3 Å². The smallest absolute Gasteiger partial charge is 0.305 e. The quantitative estimate of drug-likeness (QED) is 0.461. The van der Waals surface area contributed by atoms with Gasteiger partial charge in [-0.15, -0.1) is 0 Å². The zero-order valence-electron chi connectivity index (χ0n) is 8.71. The van der Waals surface area contributed by atoms with Crippen LogP contribution >= 0.6 is 0 Å². The largest absolute Gasteiger partial charge is 0.466 e. The summed E-state index contributed by atoms with van der Waals surface area (Å²) in [5.74, 6) is -0.434. The highest BCUT2D eigenvalue weighted by atomic mass is 16.5. The SMILES string of the molecule is CCOC(=O)CCCNC(=O)[C@H](C)N. The van der Waals surface area contributed by atoms with Crippen molar-refractivity contribution in [1.82, 2.24) is 5.32 Å². The van der Waals surface area contributed by atoms with Gasteiger partial charge < -0.3 is 15.8 Å².